The van der Waals surface area contributed by atoms with Crippen LogP contribution in [0.1, 0.15) is 49.5 Å². The van der Waals surface area contributed by atoms with Gasteiger partial charge in [0.2, 0.25) is 0 Å². The molecule has 0 N–H and O–H groups in total. The maximum absolute atomic E-state index is 12.5. The van der Waals surface area contributed by atoms with Crippen LogP contribution in [-0.4, -0.2) is 35.5 Å². The third kappa shape index (κ3) is 4.32. The predicted molar refractivity (Wildman–Crippen MR) is 101 cm³/mol. The van der Waals surface area contributed by atoms with E-state index in [2.05, 4.69) is 22.0 Å². The van der Waals surface area contributed by atoms with Crippen LogP contribution < -0.4 is 0 Å². The number of rotatable bonds is 1. The molecule has 1 heterocycles. The number of carbonyl (C=O) groups excluding carboxylic acids is 2. The second kappa shape index (κ2) is 6.94. The average molecular weight is 406 g/mol. The molecule has 0 aromatic heterocycles. The number of benzene rings is 1. The molecule has 0 unspecified atom stereocenters. The zero-order valence-electron chi connectivity index (χ0n) is 15.0. The number of amides is 1. The Bertz CT molecular complexity index is 725. The lowest BCUT2D eigenvalue weighted by Gasteiger charge is -2.32. The van der Waals surface area contributed by atoms with E-state index in [0.717, 1.165) is 34.0 Å². The van der Waals surface area contributed by atoms with Gasteiger partial charge in [-0.1, -0.05) is 22.0 Å². The first-order valence-corrected chi connectivity index (χ1v) is 9.54. The van der Waals surface area contributed by atoms with E-state index >= 15 is 0 Å². The fourth-order valence-corrected chi connectivity index (χ4v) is 3.79. The van der Waals surface area contributed by atoms with Crippen LogP contribution in [0.4, 0.5) is 4.79 Å². The molecule has 0 saturated carbocycles. The minimum absolute atomic E-state index is 0.150. The zero-order valence-corrected chi connectivity index (χ0v) is 16.6. The normalized spacial score (nSPS) is 20.1. The first kappa shape index (κ1) is 18.2. The number of hydrogen-bond donors (Lipinski definition) is 0. The minimum atomic E-state index is -0.466. The van der Waals surface area contributed by atoms with Crippen LogP contribution >= 0.6 is 15.9 Å². The van der Waals surface area contributed by atoms with E-state index in [-0.39, 0.29) is 11.9 Å². The predicted octanol–water partition coefficient (Wildman–Crippen LogP) is 4.76. The summed E-state index contributed by atoms with van der Waals surface area (Å²) in [5.74, 6) is 0.493. The quantitative estimate of drug-likeness (QED) is 0.632. The molecule has 0 atom stereocenters. The van der Waals surface area contributed by atoms with Crippen molar-refractivity contribution in [2.45, 2.75) is 45.6 Å². The van der Waals surface area contributed by atoms with Crippen molar-refractivity contribution >= 4 is 27.8 Å². The molecule has 4 nitrogen and oxygen atoms in total. The van der Waals surface area contributed by atoms with Gasteiger partial charge in [0.1, 0.15) is 5.60 Å². The van der Waals surface area contributed by atoms with Gasteiger partial charge in [-0.15, -0.1) is 0 Å². The second-order valence-corrected chi connectivity index (χ2v) is 8.72. The molecule has 1 aromatic rings. The van der Waals surface area contributed by atoms with Crippen LogP contribution in [0.15, 0.2) is 34.3 Å². The van der Waals surface area contributed by atoms with Crippen molar-refractivity contribution in [3.8, 4) is 0 Å². The topological polar surface area (TPSA) is 46.6 Å². The molecule has 25 heavy (non-hydrogen) atoms. The van der Waals surface area contributed by atoms with Gasteiger partial charge in [0.25, 0.3) is 0 Å². The van der Waals surface area contributed by atoms with Gasteiger partial charge in [-0.05, 0) is 63.3 Å². The Labute approximate surface area is 157 Å². The molecular formula is C20H24BrNO3. The Morgan fingerprint density at radius 3 is 2.60 bits per heavy atom. The molecule has 1 amide bonds. The summed E-state index contributed by atoms with van der Waals surface area (Å²) < 4.78 is 6.43. The highest BCUT2D eigenvalue weighted by Gasteiger charge is 2.29. The molecule has 1 fully saturated rings. The molecular weight excluding hydrogens is 382 g/mol. The number of hydrogen-bond acceptors (Lipinski definition) is 3. The summed E-state index contributed by atoms with van der Waals surface area (Å²) in [4.78, 5) is 26.4. The van der Waals surface area contributed by atoms with Gasteiger partial charge in [-0.3, -0.25) is 4.79 Å². The van der Waals surface area contributed by atoms with Crippen LogP contribution in [0.25, 0.3) is 0 Å². The molecule has 2 aliphatic rings. The zero-order chi connectivity index (χ0) is 18.2. The summed E-state index contributed by atoms with van der Waals surface area (Å²) in [6, 6.07) is 5.84. The van der Waals surface area contributed by atoms with E-state index in [1.165, 1.54) is 0 Å². The summed E-state index contributed by atoms with van der Waals surface area (Å²) >= 11 is 3.46. The number of carbonyl (C=O) groups is 2. The van der Waals surface area contributed by atoms with Crippen molar-refractivity contribution in [2.75, 3.05) is 13.1 Å². The van der Waals surface area contributed by atoms with Gasteiger partial charge in [-0.25, -0.2) is 4.79 Å². The maximum atomic E-state index is 12.5. The van der Waals surface area contributed by atoms with Crippen LogP contribution in [-0.2, 0) is 11.2 Å². The highest BCUT2D eigenvalue weighted by Crippen LogP contribution is 2.31. The number of piperidine rings is 1. The van der Waals surface area contributed by atoms with Crippen molar-refractivity contribution in [2.24, 2.45) is 5.92 Å². The van der Waals surface area contributed by atoms with E-state index in [9.17, 15) is 9.59 Å². The Morgan fingerprint density at radius 1 is 1.28 bits per heavy atom. The third-order valence-corrected chi connectivity index (χ3v) is 5.11. The van der Waals surface area contributed by atoms with E-state index in [4.69, 9.17) is 4.74 Å². The van der Waals surface area contributed by atoms with E-state index in [1.807, 2.05) is 39.0 Å². The van der Waals surface area contributed by atoms with E-state index in [0.29, 0.717) is 25.4 Å². The van der Waals surface area contributed by atoms with Crippen molar-refractivity contribution in [3.05, 3.63) is 45.4 Å². The van der Waals surface area contributed by atoms with Crippen LogP contribution in [0.3, 0.4) is 0 Å². The molecule has 3 rings (SSSR count). The Hall–Kier alpha value is -1.62. The molecule has 0 spiro atoms. The minimum Gasteiger partial charge on any atom is -0.444 e. The molecule has 5 heteroatoms. The molecule has 0 bridgehead atoms. The molecule has 134 valence electrons. The van der Waals surface area contributed by atoms with Crippen molar-refractivity contribution in [3.63, 3.8) is 0 Å². The lowest BCUT2D eigenvalue weighted by molar-refractivity contribution is 0.0197. The fourth-order valence-electron chi connectivity index (χ4n) is 3.38. The smallest absolute Gasteiger partial charge is 0.410 e. The standard InChI is InChI=1S/C20H24BrNO3/c1-20(2,3)25-19(24)22-8-6-13(7-9-22)10-15-11-14-12-16(21)4-5-17(14)18(15)23/h4-5,10,12-13H,6-9,11H2,1-3H3. The van der Waals surface area contributed by atoms with Crippen LogP contribution in [0.5, 0.6) is 0 Å². The van der Waals surface area contributed by atoms with Crippen molar-refractivity contribution in [1.29, 1.82) is 0 Å². The Balaban J connectivity index is 1.60. The van der Waals surface area contributed by atoms with E-state index < -0.39 is 5.60 Å². The molecule has 0 radical (unpaired) electrons. The van der Waals surface area contributed by atoms with Gasteiger partial charge in [-0.2, -0.15) is 0 Å². The summed E-state index contributed by atoms with van der Waals surface area (Å²) in [6.07, 6.45) is 4.34. The molecule has 1 aromatic carbocycles. The van der Waals surface area contributed by atoms with Gasteiger partial charge >= 0.3 is 6.09 Å². The number of likely N-dealkylation sites (tertiary alicyclic amines) is 1. The van der Waals surface area contributed by atoms with Crippen LogP contribution in [0.2, 0.25) is 0 Å². The number of allylic oxidation sites excluding steroid dienone is 2. The average Bonchev–Trinajstić information content (AvgIpc) is 2.82. The van der Waals surface area contributed by atoms with E-state index in [1.54, 1.807) is 4.90 Å². The Morgan fingerprint density at radius 2 is 1.96 bits per heavy atom. The first-order chi connectivity index (χ1) is 11.7. The van der Waals surface area contributed by atoms with Gasteiger partial charge in [0, 0.05) is 35.1 Å². The number of halogens is 1. The number of ether oxygens (including phenoxy) is 1. The van der Waals surface area contributed by atoms with Gasteiger partial charge in [0.15, 0.2) is 5.78 Å². The van der Waals surface area contributed by atoms with Crippen LogP contribution in [0, 0.1) is 5.92 Å². The Kier molecular flexibility index (Phi) is 5.05. The van der Waals surface area contributed by atoms with Gasteiger partial charge < -0.3 is 9.64 Å². The SMILES string of the molecule is CC(C)(C)OC(=O)N1CCC(C=C2Cc3cc(Br)ccc3C2=O)CC1. The molecule has 1 aliphatic carbocycles. The molecule has 1 aliphatic heterocycles. The number of fused-ring (bicyclic) bond motifs is 1. The molecule has 1 saturated heterocycles. The fraction of sp³-hybridized carbons (Fsp3) is 0.500. The third-order valence-electron chi connectivity index (χ3n) is 4.61. The highest BCUT2D eigenvalue weighted by molar-refractivity contribution is 9.10. The highest BCUT2D eigenvalue weighted by atomic mass is 79.9. The maximum Gasteiger partial charge on any atom is 0.410 e. The number of ketones is 1. The monoisotopic (exact) mass is 405 g/mol. The van der Waals surface area contributed by atoms with Crippen molar-refractivity contribution < 1.29 is 14.3 Å². The summed E-state index contributed by atoms with van der Waals surface area (Å²) in [7, 11) is 0. The first-order valence-electron chi connectivity index (χ1n) is 8.75. The summed E-state index contributed by atoms with van der Waals surface area (Å²) in [5.41, 5.74) is 2.34. The van der Waals surface area contributed by atoms with Crippen molar-refractivity contribution in [1.82, 2.24) is 4.90 Å². The summed E-state index contributed by atoms with van der Waals surface area (Å²) in [5, 5.41) is 0. The lowest BCUT2D eigenvalue weighted by Crippen LogP contribution is -2.41. The second-order valence-electron chi connectivity index (χ2n) is 7.80. The summed E-state index contributed by atoms with van der Waals surface area (Å²) in [6.45, 7) is 6.99. The number of nitrogens with zero attached hydrogens (tertiary/aromatic N) is 1. The van der Waals surface area contributed by atoms with Gasteiger partial charge in [0.05, 0.1) is 0 Å². The largest absolute Gasteiger partial charge is 0.444 e. The lowest BCUT2D eigenvalue weighted by atomic mass is 9.93. The number of Topliss-reactive ketones (excluding diaryl/α,β-unsaturated/α-hetero) is 1.